The van der Waals surface area contributed by atoms with Crippen molar-refractivity contribution in [2.24, 2.45) is 0 Å². The second-order valence-corrected chi connectivity index (χ2v) is 4.00. The van der Waals surface area contributed by atoms with Gasteiger partial charge in [0.25, 0.3) is 0 Å². The zero-order valence-electron chi connectivity index (χ0n) is 10.3. The topological polar surface area (TPSA) is 41.0 Å². The van der Waals surface area contributed by atoms with Crippen molar-refractivity contribution < 1.29 is 0 Å². The van der Waals surface area contributed by atoms with Crippen LogP contribution in [0.5, 0.6) is 0 Å². The van der Waals surface area contributed by atoms with Crippen LogP contribution in [0.4, 0.5) is 0 Å². The Morgan fingerprint density at radius 3 is 2.33 bits per heavy atom. The fourth-order valence-electron chi connectivity index (χ4n) is 1.91. The average Bonchev–Trinajstić information content (AvgIpc) is 2.38. The predicted molar refractivity (Wildman–Crippen MR) is 78.0 cm³/mol. The van der Waals surface area contributed by atoms with Gasteiger partial charge in [-0.1, -0.05) is 12.5 Å². The van der Waals surface area contributed by atoms with E-state index in [0.29, 0.717) is 0 Å². The Labute approximate surface area is 121 Å². The maximum absolute atomic E-state index is 4.24. The first kappa shape index (κ1) is 17.3. The van der Waals surface area contributed by atoms with Crippen LogP contribution in [-0.4, -0.2) is 28.1 Å². The van der Waals surface area contributed by atoms with Gasteiger partial charge in [0.2, 0.25) is 0 Å². The monoisotopic (exact) mass is 290 g/mol. The van der Waals surface area contributed by atoms with Gasteiger partial charge in [-0.15, -0.1) is 31.4 Å². The van der Waals surface area contributed by atoms with Gasteiger partial charge >= 0.3 is 0 Å². The standard InChI is InChI=1S/C12H18N4.2ClH/c1-2-11(12-13-7-6-8-14-12)15-16-9-4-3-5-10-16;;/h2,6-8,11,15H,1,3-5,9-10H2;2*1H. The fraction of sp³-hybridized carbons (Fsp3) is 0.500. The summed E-state index contributed by atoms with van der Waals surface area (Å²) in [5.41, 5.74) is 3.41. The number of piperidine rings is 1. The molecule has 0 radical (unpaired) electrons. The Kier molecular flexibility index (Phi) is 8.93. The molecular weight excluding hydrogens is 271 g/mol. The van der Waals surface area contributed by atoms with Crippen LogP contribution in [0.1, 0.15) is 31.1 Å². The van der Waals surface area contributed by atoms with E-state index in [4.69, 9.17) is 0 Å². The summed E-state index contributed by atoms with van der Waals surface area (Å²) in [5.74, 6) is 0.781. The van der Waals surface area contributed by atoms with Gasteiger partial charge in [0, 0.05) is 25.5 Å². The normalized spacial score (nSPS) is 17.1. The molecule has 1 aromatic rings. The van der Waals surface area contributed by atoms with Crippen LogP contribution in [0.25, 0.3) is 0 Å². The number of nitrogens with one attached hydrogen (secondary N) is 1. The molecule has 1 fully saturated rings. The van der Waals surface area contributed by atoms with Gasteiger partial charge in [-0.2, -0.15) is 0 Å². The molecule has 1 unspecified atom stereocenters. The molecule has 4 nitrogen and oxygen atoms in total. The van der Waals surface area contributed by atoms with Gasteiger partial charge in [-0.25, -0.2) is 20.4 Å². The summed E-state index contributed by atoms with van der Waals surface area (Å²) < 4.78 is 0. The molecule has 6 heteroatoms. The van der Waals surface area contributed by atoms with E-state index in [1.807, 2.05) is 12.1 Å². The molecule has 0 aromatic carbocycles. The molecule has 1 aromatic heterocycles. The van der Waals surface area contributed by atoms with E-state index in [0.717, 1.165) is 18.9 Å². The number of rotatable bonds is 4. The number of hydrogen-bond acceptors (Lipinski definition) is 4. The average molecular weight is 291 g/mol. The number of aromatic nitrogens is 2. The van der Waals surface area contributed by atoms with Crippen molar-refractivity contribution >= 4 is 24.8 Å². The summed E-state index contributed by atoms with van der Waals surface area (Å²) in [7, 11) is 0. The van der Waals surface area contributed by atoms with Crippen molar-refractivity contribution in [1.82, 2.24) is 20.4 Å². The van der Waals surface area contributed by atoms with E-state index in [9.17, 15) is 0 Å². The van der Waals surface area contributed by atoms with Crippen LogP contribution in [0, 0.1) is 0 Å². The van der Waals surface area contributed by atoms with Crippen molar-refractivity contribution in [2.75, 3.05) is 13.1 Å². The zero-order chi connectivity index (χ0) is 11.2. The van der Waals surface area contributed by atoms with Gasteiger partial charge in [-0.05, 0) is 18.9 Å². The molecule has 102 valence electrons. The molecule has 1 aliphatic rings. The molecule has 1 aliphatic heterocycles. The lowest BCUT2D eigenvalue weighted by molar-refractivity contribution is 0.138. The first-order chi connectivity index (χ1) is 7.90. The molecule has 0 saturated carbocycles. The van der Waals surface area contributed by atoms with E-state index in [1.165, 1.54) is 19.3 Å². The van der Waals surface area contributed by atoms with Crippen molar-refractivity contribution in [2.45, 2.75) is 25.3 Å². The summed E-state index contributed by atoms with van der Waals surface area (Å²) in [5, 5.41) is 2.24. The lowest BCUT2D eigenvalue weighted by Gasteiger charge is -2.29. The minimum atomic E-state index is 0. The molecule has 1 N–H and O–H groups in total. The van der Waals surface area contributed by atoms with E-state index < -0.39 is 0 Å². The Morgan fingerprint density at radius 2 is 1.78 bits per heavy atom. The molecule has 2 heterocycles. The third kappa shape index (κ3) is 4.90. The predicted octanol–water partition coefficient (Wildman–Crippen LogP) is 2.54. The highest BCUT2D eigenvalue weighted by molar-refractivity contribution is 5.85. The van der Waals surface area contributed by atoms with E-state index in [2.05, 4.69) is 27.0 Å². The molecular formula is C12H20Cl2N4. The number of hydrogen-bond donors (Lipinski definition) is 1. The van der Waals surface area contributed by atoms with Gasteiger partial charge in [0.05, 0.1) is 6.04 Å². The molecule has 1 saturated heterocycles. The van der Waals surface area contributed by atoms with Crippen molar-refractivity contribution in [3.05, 3.63) is 36.9 Å². The Hall–Kier alpha value is -0.680. The third-order valence-electron chi connectivity index (χ3n) is 2.78. The van der Waals surface area contributed by atoms with Gasteiger partial charge < -0.3 is 0 Å². The van der Waals surface area contributed by atoms with E-state index in [1.54, 1.807) is 12.4 Å². The van der Waals surface area contributed by atoms with E-state index >= 15 is 0 Å². The molecule has 0 bridgehead atoms. The van der Waals surface area contributed by atoms with Crippen molar-refractivity contribution in [3.8, 4) is 0 Å². The smallest absolute Gasteiger partial charge is 0.150 e. The summed E-state index contributed by atoms with van der Waals surface area (Å²) in [6.07, 6.45) is 9.22. The second-order valence-electron chi connectivity index (χ2n) is 4.00. The van der Waals surface area contributed by atoms with E-state index in [-0.39, 0.29) is 30.9 Å². The minimum Gasteiger partial charge on any atom is -0.243 e. The molecule has 1 atom stereocenters. The quantitative estimate of drug-likeness (QED) is 0.866. The van der Waals surface area contributed by atoms with Gasteiger partial charge in [0.1, 0.15) is 5.82 Å². The number of halogens is 2. The summed E-state index contributed by atoms with van der Waals surface area (Å²) >= 11 is 0. The van der Waals surface area contributed by atoms with Crippen molar-refractivity contribution in [3.63, 3.8) is 0 Å². The van der Waals surface area contributed by atoms with Crippen LogP contribution in [0.15, 0.2) is 31.1 Å². The largest absolute Gasteiger partial charge is 0.243 e. The van der Waals surface area contributed by atoms with Crippen LogP contribution in [0.3, 0.4) is 0 Å². The SMILES string of the molecule is C=CC(NN1CCCCC1)c1ncccn1.Cl.Cl. The number of nitrogens with zero attached hydrogens (tertiary/aromatic N) is 3. The highest BCUT2D eigenvalue weighted by Crippen LogP contribution is 2.12. The lowest BCUT2D eigenvalue weighted by Crippen LogP contribution is -2.43. The summed E-state index contributed by atoms with van der Waals surface area (Å²) in [6.45, 7) is 6.02. The Bertz CT molecular complexity index is 328. The third-order valence-corrected chi connectivity index (χ3v) is 2.78. The number of hydrazine groups is 1. The van der Waals surface area contributed by atoms with Crippen LogP contribution >= 0.6 is 24.8 Å². The highest BCUT2D eigenvalue weighted by atomic mass is 35.5. The van der Waals surface area contributed by atoms with Crippen LogP contribution in [-0.2, 0) is 0 Å². The molecule has 0 amide bonds. The Morgan fingerprint density at radius 1 is 1.17 bits per heavy atom. The van der Waals surface area contributed by atoms with Gasteiger partial charge in [-0.3, -0.25) is 0 Å². The summed E-state index contributed by atoms with van der Waals surface area (Å²) in [6, 6.07) is 1.84. The van der Waals surface area contributed by atoms with Crippen LogP contribution < -0.4 is 5.43 Å². The molecule has 0 aliphatic carbocycles. The zero-order valence-corrected chi connectivity index (χ0v) is 11.9. The summed E-state index contributed by atoms with van der Waals surface area (Å²) in [4.78, 5) is 8.49. The van der Waals surface area contributed by atoms with Gasteiger partial charge in [0.15, 0.2) is 0 Å². The maximum Gasteiger partial charge on any atom is 0.150 e. The second kappa shape index (κ2) is 9.28. The maximum atomic E-state index is 4.24. The first-order valence-corrected chi connectivity index (χ1v) is 5.81. The Balaban J connectivity index is 0.00000144. The van der Waals surface area contributed by atoms with Crippen molar-refractivity contribution in [1.29, 1.82) is 0 Å². The minimum absolute atomic E-state index is 0. The first-order valence-electron chi connectivity index (χ1n) is 5.81. The molecule has 2 rings (SSSR count). The lowest BCUT2D eigenvalue weighted by atomic mass is 10.1. The van der Waals surface area contributed by atoms with Crippen LogP contribution in [0.2, 0.25) is 0 Å². The molecule has 0 spiro atoms. The fourth-order valence-corrected chi connectivity index (χ4v) is 1.91. The molecule has 18 heavy (non-hydrogen) atoms. The highest BCUT2D eigenvalue weighted by Gasteiger charge is 2.16.